The fraction of sp³-hybridized carbons (Fsp3) is 0.364. The molecule has 0 fully saturated rings. The molecule has 3 heteroatoms. The van der Waals surface area contributed by atoms with Crippen molar-refractivity contribution in [1.82, 2.24) is 5.32 Å². The summed E-state index contributed by atoms with van der Waals surface area (Å²) in [5, 5.41) is 3.36. The largest absolute Gasteiger partial charge is 0.305 e. The Morgan fingerprint density at radius 2 is 1.40 bits per heavy atom. The van der Waals surface area contributed by atoms with Crippen molar-refractivity contribution in [3.63, 3.8) is 0 Å². The number of nitrogens with one attached hydrogen (secondary N) is 1. The molecule has 2 aromatic rings. The van der Waals surface area contributed by atoms with E-state index in [2.05, 4.69) is 5.32 Å². The van der Waals surface area contributed by atoms with Crippen molar-refractivity contribution in [3.8, 4) is 0 Å². The highest BCUT2D eigenvalue weighted by molar-refractivity contribution is 6.08. The van der Waals surface area contributed by atoms with Crippen LogP contribution in [0.3, 0.4) is 0 Å². The number of hydrogen-bond donors (Lipinski definition) is 1. The summed E-state index contributed by atoms with van der Waals surface area (Å²) < 4.78 is 0. The van der Waals surface area contributed by atoms with Crippen LogP contribution in [0.2, 0.25) is 0 Å². The molecule has 0 bridgehead atoms. The van der Waals surface area contributed by atoms with Crippen LogP contribution < -0.4 is 5.32 Å². The molecular formula is C22H27NO2. The third kappa shape index (κ3) is 5.36. The van der Waals surface area contributed by atoms with Gasteiger partial charge in [0.25, 0.3) is 0 Å². The van der Waals surface area contributed by atoms with E-state index in [0.29, 0.717) is 17.5 Å². The molecule has 3 nitrogen and oxygen atoms in total. The molecule has 0 spiro atoms. The molecule has 1 atom stereocenters. The average Bonchev–Trinajstić information content (AvgIpc) is 2.61. The molecule has 2 rings (SSSR count). The number of carbonyl (C=O) groups is 2. The zero-order valence-electron chi connectivity index (χ0n) is 15.5. The molecule has 0 heterocycles. The lowest BCUT2D eigenvalue weighted by molar-refractivity contribution is -0.124. The Kier molecular flexibility index (Phi) is 6.65. The highest BCUT2D eigenvalue weighted by Crippen LogP contribution is 2.14. The summed E-state index contributed by atoms with van der Waals surface area (Å²) in [5.74, 6) is 0.232. The molecule has 0 radical (unpaired) electrons. The van der Waals surface area contributed by atoms with Crippen molar-refractivity contribution in [2.45, 2.75) is 46.2 Å². The van der Waals surface area contributed by atoms with Gasteiger partial charge in [-0.15, -0.1) is 0 Å². The average molecular weight is 337 g/mol. The van der Waals surface area contributed by atoms with Gasteiger partial charge in [0.2, 0.25) is 0 Å². The van der Waals surface area contributed by atoms with Crippen molar-refractivity contribution in [3.05, 3.63) is 71.3 Å². The Morgan fingerprint density at radius 3 is 1.92 bits per heavy atom. The van der Waals surface area contributed by atoms with E-state index in [9.17, 15) is 9.59 Å². The fourth-order valence-corrected chi connectivity index (χ4v) is 2.83. The highest BCUT2D eigenvalue weighted by Gasteiger charge is 2.22. The first-order valence-electron chi connectivity index (χ1n) is 8.87. The van der Waals surface area contributed by atoms with Crippen LogP contribution in [-0.4, -0.2) is 23.7 Å². The predicted octanol–water partition coefficient (Wildman–Crippen LogP) is 4.05. The van der Waals surface area contributed by atoms with Crippen LogP contribution in [-0.2, 0) is 11.2 Å². The van der Waals surface area contributed by atoms with E-state index in [0.717, 1.165) is 5.56 Å². The van der Waals surface area contributed by atoms with Gasteiger partial charge < -0.3 is 5.32 Å². The maximum atomic E-state index is 12.5. The first kappa shape index (κ1) is 19.1. The molecule has 0 aliphatic carbocycles. The first-order valence-corrected chi connectivity index (χ1v) is 8.87. The van der Waals surface area contributed by atoms with Crippen LogP contribution >= 0.6 is 0 Å². The lowest BCUT2D eigenvalue weighted by atomic mass is 9.94. The second-order valence-corrected chi connectivity index (χ2v) is 7.03. The van der Waals surface area contributed by atoms with E-state index in [4.69, 9.17) is 0 Å². The van der Waals surface area contributed by atoms with Gasteiger partial charge in [-0.25, -0.2) is 0 Å². The van der Waals surface area contributed by atoms with Gasteiger partial charge in [-0.3, -0.25) is 9.59 Å². The summed E-state index contributed by atoms with van der Waals surface area (Å²) in [6.45, 7) is 7.95. The van der Waals surface area contributed by atoms with E-state index in [1.807, 2.05) is 82.3 Å². The molecule has 0 aliphatic heterocycles. The second kappa shape index (κ2) is 8.72. The topological polar surface area (TPSA) is 46.2 Å². The molecule has 1 N–H and O–H groups in total. The Labute approximate surface area is 150 Å². The summed E-state index contributed by atoms with van der Waals surface area (Å²) in [7, 11) is 0. The standard InChI is InChI=1S/C22H27NO2/c1-15(2)21(24)20(23-16(3)4)14-17-10-12-19(13-11-17)22(25)18-8-6-5-7-9-18/h5-13,15-16,20,23H,14H2,1-4H3/t20-/m1/s1. The van der Waals surface area contributed by atoms with E-state index >= 15 is 0 Å². The lowest BCUT2D eigenvalue weighted by Gasteiger charge is -2.22. The van der Waals surface area contributed by atoms with Gasteiger partial charge in [0, 0.05) is 23.1 Å². The molecule has 25 heavy (non-hydrogen) atoms. The number of hydrogen-bond acceptors (Lipinski definition) is 3. The Hall–Kier alpha value is -2.26. The smallest absolute Gasteiger partial charge is 0.193 e. The first-order chi connectivity index (χ1) is 11.9. The Bertz CT molecular complexity index is 703. The summed E-state index contributed by atoms with van der Waals surface area (Å²) in [6, 6.07) is 16.9. The van der Waals surface area contributed by atoms with Gasteiger partial charge in [-0.05, 0) is 12.0 Å². The number of rotatable bonds is 8. The quantitative estimate of drug-likeness (QED) is 0.739. The third-order valence-electron chi connectivity index (χ3n) is 4.14. The molecule has 0 aliphatic rings. The van der Waals surface area contributed by atoms with Crippen molar-refractivity contribution in [2.75, 3.05) is 0 Å². The summed E-state index contributed by atoms with van der Waals surface area (Å²) in [5.41, 5.74) is 2.40. The van der Waals surface area contributed by atoms with Crippen molar-refractivity contribution < 1.29 is 9.59 Å². The lowest BCUT2D eigenvalue weighted by Crippen LogP contribution is -2.44. The van der Waals surface area contributed by atoms with Crippen LogP contribution in [0.25, 0.3) is 0 Å². The SMILES string of the molecule is CC(C)N[C@H](Cc1ccc(C(=O)c2ccccc2)cc1)C(=O)C(C)C. The Morgan fingerprint density at radius 1 is 0.840 bits per heavy atom. The van der Waals surface area contributed by atoms with Gasteiger partial charge in [-0.2, -0.15) is 0 Å². The molecule has 0 amide bonds. The summed E-state index contributed by atoms with van der Waals surface area (Å²) in [6.07, 6.45) is 0.634. The molecule has 2 aromatic carbocycles. The van der Waals surface area contributed by atoms with Gasteiger partial charge in [0.05, 0.1) is 6.04 Å². The minimum atomic E-state index is -0.198. The van der Waals surface area contributed by atoms with Gasteiger partial charge in [-0.1, -0.05) is 82.3 Å². The molecule has 0 unspecified atom stereocenters. The van der Waals surface area contributed by atoms with Crippen LogP contribution in [0.1, 0.15) is 49.2 Å². The van der Waals surface area contributed by atoms with Gasteiger partial charge >= 0.3 is 0 Å². The molecular weight excluding hydrogens is 310 g/mol. The summed E-state index contributed by atoms with van der Waals surface area (Å²) in [4.78, 5) is 24.9. The maximum Gasteiger partial charge on any atom is 0.193 e. The number of benzene rings is 2. The van der Waals surface area contributed by atoms with E-state index in [-0.39, 0.29) is 29.6 Å². The van der Waals surface area contributed by atoms with Gasteiger partial charge in [0.15, 0.2) is 11.6 Å². The minimum absolute atomic E-state index is 0.00446. The predicted molar refractivity (Wildman–Crippen MR) is 102 cm³/mol. The van der Waals surface area contributed by atoms with Gasteiger partial charge in [0.1, 0.15) is 0 Å². The monoisotopic (exact) mass is 337 g/mol. The third-order valence-corrected chi connectivity index (χ3v) is 4.14. The maximum absolute atomic E-state index is 12.5. The van der Waals surface area contributed by atoms with Crippen LogP contribution in [0.15, 0.2) is 54.6 Å². The second-order valence-electron chi connectivity index (χ2n) is 7.03. The normalized spacial score (nSPS) is 12.4. The van der Waals surface area contributed by atoms with E-state index < -0.39 is 0 Å². The Balaban J connectivity index is 2.12. The zero-order valence-corrected chi connectivity index (χ0v) is 15.5. The fourth-order valence-electron chi connectivity index (χ4n) is 2.83. The van der Waals surface area contributed by atoms with Crippen LogP contribution in [0.4, 0.5) is 0 Å². The number of Topliss-reactive ketones (excluding diaryl/α,β-unsaturated/α-hetero) is 1. The summed E-state index contributed by atoms with van der Waals surface area (Å²) >= 11 is 0. The minimum Gasteiger partial charge on any atom is -0.305 e. The van der Waals surface area contributed by atoms with Crippen molar-refractivity contribution in [2.24, 2.45) is 5.92 Å². The zero-order chi connectivity index (χ0) is 18.4. The van der Waals surface area contributed by atoms with Crippen LogP contribution in [0.5, 0.6) is 0 Å². The molecule has 0 saturated carbocycles. The highest BCUT2D eigenvalue weighted by atomic mass is 16.1. The number of carbonyl (C=O) groups excluding carboxylic acids is 2. The van der Waals surface area contributed by atoms with Crippen molar-refractivity contribution in [1.29, 1.82) is 0 Å². The number of ketones is 2. The molecule has 0 saturated heterocycles. The molecule has 0 aromatic heterocycles. The van der Waals surface area contributed by atoms with Crippen LogP contribution in [0, 0.1) is 5.92 Å². The molecule has 132 valence electrons. The van der Waals surface area contributed by atoms with E-state index in [1.54, 1.807) is 0 Å². The van der Waals surface area contributed by atoms with E-state index in [1.165, 1.54) is 0 Å². The van der Waals surface area contributed by atoms with Crippen molar-refractivity contribution >= 4 is 11.6 Å².